The Hall–Kier alpha value is -0.450. The molecule has 20 heavy (non-hydrogen) atoms. The first-order chi connectivity index (χ1) is 9.61. The smallest absolute Gasteiger partial charge is 0.154 e. The predicted molar refractivity (Wildman–Crippen MR) is 81.8 cm³/mol. The Morgan fingerprint density at radius 3 is 2.70 bits per heavy atom. The molecule has 1 fully saturated rings. The van der Waals surface area contributed by atoms with E-state index in [1.54, 1.807) is 13.2 Å². The highest BCUT2D eigenvalue weighted by molar-refractivity contribution is 6.47. The molecule has 3 nitrogen and oxygen atoms in total. The molecule has 1 saturated carbocycles. The largest absolute Gasteiger partial charge is 0.458 e. The number of hydrogen-bond donors (Lipinski definition) is 1. The number of methoxy groups -OCH3 is 1. The van der Waals surface area contributed by atoms with Crippen molar-refractivity contribution in [3.63, 3.8) is 0 Å². The van der Waals surface area contributed by atoms with E-state index in [-0.39, 0.29) is 0 Å². The van der Waals surface area contributed by atoms with Crippen molar-refractivity contribution in [1.29, 1.82) is 0 Å². The third-order valence-electron chi connectivity index (χ3n) is 3.41. The van der Waals surface area contributed by atoms with Crippen molar-refractivity contribution < 1.29 is 9.15 Å². The molecule has 2 aromatic rings. The van der Waals surface area contributed by atoms with Gasteiger partial charge < -0.3 is 14.5 Å². The van der Waals surface area contributed by atoms with Gasteiger partial charge in [-0.25, -0.2) is 0 Å². The minimum Gasteiger partial charge on any atom is -0.458 e. The third-order valence-corrected chi connectivity index (χ3v) is 4.48. The van der Waals surface area contributed by atoms with E-state index in [9.17, 15) is 0 Å². The summed E-state index contributed by atoms with van der Waals surface area (Å²) in [5.41, 5.74) is 1.48. The first-order valence-corrected chi connectivity index (χ1v) is 7.55. The fraction of sp³-hybridized carbons (Fsp3) is 0.429. The predicted octanol–water partition coefficient (Wildman–Crippen LogP) is 4.79. The van der Waals surface area contributed by atoms with Gasteiger partial charge in [0.1, 0.15) is 5.76 Å². The molecular formula is C14H14Cl3NO2. The van der Waals surface area contributed by atoms with Crippen LogP contribution in [0.5, 0.6) is 0 Å². The highest BCUT2D eigenvalue weighted by Crippen LogP contribution is 2.41. The van der Waals surface area contributed by atoms with E-state index in [1.165, 1.54) is 12.8 Å². The van der Waals surface area contributed by atoms with Gasteiger partial charge in [0.05, 0.1) is 28.2 Å². The molecule has 1 aromatic carbocycles. The average Bonchev–Trinajstić information content (AvgIpc) is 3.17. The SMILES string of the molecule is COCc1c(CNC2CC2)oc2c(Cl)cc(Cl)c(Cl)c12. The van der Waals surface area contributed by atoms with Crippen molar-refractivity contribution in [3.8, 4) is 0 Å². The zero-order valence-electron chi connectivity index (χ0n) is 10.9. The van der Waals surface area contributed by atoms with E-state index in [0.29, 0.717) is 39.8 Å². The lowest BCUT2D eigenvalue weighted by Gasteiger charge is -2.04. The summed E-state index contributed by atoms with van der Waals surface area (Å²) in [5.74, 6) is 0.805. The van der Waals surface area contributed by atoms with Crippen LogP contribution in [0.4, 0.5) is 0 Å². The molecule has 1 aliphatic carbocycles. The minimum atomic E-state index is 0.408. The van der Waals surface area contributed by atoms with Gasteiger partial charge >= 0.3 is 0 Å². The fourth-order valence-corrected chi connectivity index (χ4v) is 2.99. The molecule has 0 atom stereocenters. The second-order valence-corrected chi connectivity index (χ2v) is 6.14. The van der Waals surface area contributed by atoms with Crippen molar-refractivity contribution in [2.45, 2.75) is 32.0 Å². The van der Waals surface area contributed by atoms with Crippen LogP contribution in [0.25, 0.3) is 11.0 Å². The lowest BCUT2D eigenvalue weighted by molar-refractivity contribution is 0.183. The van der Waals surface area contributed by atoms with E-state index < -0.39 is 0 Å². The second kappa shape index (κ2) is 5.74. The number of rotatable bonds is 5. The monoisotopic (exact) mass is 333 g/mol. The van der Waals surface area contributed by atoms with Crippen molar-refractivity contribution in [2.24, 2.45) is 0 Å². The van der Waals surface area contributed by atoms with Gasteiger partial charge in [0.15, 0.2) is 5.58 Å². The number of nitrogens with one attached hydrogen (secondary N) is 1. The van der Waals surface area contributed by atoms with E-state index in [4.69, 9.17) is 44.0 Å². The van der Waals surface area contributed by atoms with Crippen molar-refractivity contribution >= 4 is 45.8 Å². The van der Waals surface area contributed by atoms with Gasteiger partial charge in [-0.1, -0.05) is 34.8 Å². The molecule has 6 heteroatoms. The van der Waals surface area contributed by atoms with E-state index in [1.807, 2.05) is 0 Å². The van der Waals surface area contributed by atoms with Gasteiger partial charge in [-0.15, -0.1) is 0 Å². The Labute approximate surface area is 132 Å². The summed E-state index contributed by atoms with van der Waals surface area (Å²) in [7, 11) is 1.64. The summed E-state index contributed by atoms with van der Waals surface area (Å²) < 4.78 is 11.1. The molecule has 1 N–H and O–H groups in total. The Kier molecular flexibility index (Phi) is 4.16. The normalized spacial score (nSPS) is 15.2. The molecule has 1 aromatic heterocycles. The Bertz CT molecular complexity index is 650. The third kappa shape index (κ3) is 2.66. The van der Waals surface area contributed by atoms with E-state index >= 15 is 0 Å². The van der Waals surface area contributed by atoms with Crippen LogP contribution in [0, 0.1) is 0 Å². The Morgan fingerprint density at radius 1 is 1.30 bits per heavy atom. The van der Waals surface area contributed by atoms with Crippen LogP contribution in [0.3, 0.4) is 0 Å². The maximum Gasteiger partial charge on any atom is 0.154 e. The summed E-state index contributed by atoms with van der Waals surface area (Å²) in [6, 6.07) is 2.19. The van der Waals surface area contributed by atoms with Crippen LogP contribution < -0.4 is 5.32 Å². The summed E-state index contributed by atoms with van der Waals surface area (Å²) in [4.78, 5) is 0. The topological polar surface area (TPSA) is 34.4 Å². The molecule has 0 radical (unpaired) electrons. The summed E-state index contributed by atoms with van der Waals surface area (Å²) in [6.45, 7) is 1.05. The summed E-state index contributed by atoms with van der Waals surface area (Å²) in [6.07, 6.45) is 2.43. The zero-order chi connectivity index (χ0) is 14.3. The first kappa shape index (κ1) is 14.5. The van der Waals surface area contributed by atoms with E-state index in [0.717, 1.165) is 16.7 Å². The molecular weight excluding hydrogens is 321 g/mol. The van der Waals surface area contributed by atoms with Crippen LogP contribution in [0.1, 0.15) is 24.2 Å². The molecule has 0 bridgehead atoms. The quantitative estimate of drug-likeness (QED) is 0.798. The molecule has 1 aliphatic rings. The fourth-order valence-electron chi connectivity index (χ4n) is 2.24. The molecule has 3 rings (SSSR count). The number of benzene rings is 1. The molecule has 0 spiro atoms. The van der Waals surface area contributed by atoms with Crippen LogP contribution in [0.15, 0.2) is 10.5 Å². The van der Waals surface area contributed by atoms with Crippen LogP contribution in [-0.4, -0.2) is 13.2 Å². The van der Waals surface area contributed by atoms with Gasteiger partial charge in [0.25, 0.3) is 0 Å². The van der Waals surface area contributed by atoms with Gasteiger partial charge in [-0.3, -0.25) is 0 Å². The van der Waals surface area contributed by atoms with Crippen LogP contribution >= 0.6 is 34.8 Å². The highest BCUT2D eigenvalue weighted by Gasteiger charge is 2.24. The maximum atomic E-state index is 6.30. The summed E-state index contributed by atoms with van der Waals surface area (Å²) >= 11 is 18.6. The molecule has 0 amide bonds. The number of furan rings is 1. The molecule has 0 unspecified atom stereocenters. The molecule has 1 heterocycles. The van der Waals surface area contributed by atoms with Gasteiger partial charge in [0, 0.05) is 24.1 Å². The lowest BCUT2D eigenvalue weighted by Crippen LogP contribution is -2.15. The zero-order valence-corrected chi connectivity index (χ0v) is 13.2. The standard InChI is InChI=1S/C14H14Cl3NO2/c1-19-6-8-11(5-18-7-2-3-7)20-14-10(16)4-9(15)13(17)12(8)14/h4,7,18H,2-3,5-6H2,1H3. The highest BCUT2D eigenvalue weighted by atomic mass is 35.5. The maximum absolute atomic E-state index is 6.30. The first-order valence-electron chi connectivity index (χ1n) is 6.42. The number of fused-ring (bicyclic) bond motifs is 1. The van der Waals surface area contributed by atoms with Crippen molar-refractivity contribution in [2.75, 3.05) is 7.11 Å². The van der Waals surface area contributed by atoms with Crippen LogP contribution in [-0.2, 0) is 17.9 Å². The Morgan fingerprint density at radius 2 is 2.05 bits per heavy atom. The minimum absolute atomic E-state index is 0.408. The Balaban J connectivity index is 2.10. The molecule has 0 aliphatic heterocycles. The van der Waals surface area contributed by atoms with Crippen molar-refractivity contribution in [3.05, 3.63) is 32.5 Å². The number of hydrogen-bond acceptors (Lipinski definition) is 3. The molecule has 0 saturated heterocycles. The van der Waals surface area contributed by atoms with Gasteiger partial charge in [-0.05, 0) is 18.9 Å². The number of halogens is 3. The number of ether oxygens (including phenoxy) is 1. The second-order valence-electron chi connectivity index (χ2n) is 4.95. The molecule has 108 valence electrons. The van der Waals surface area contributed by atoms with E-state index in [2.05, 4.69) is 5.32 Å². The summed E-state index contributed by atoms with van der Waals surface area (Å²) in [5, 5.41) is 5.51. The van der Waals surface area contributed by atoms with Gasteiger partial charge in [0.2, 0.25) is 0 Å². The lowest BCUT2D eigenvalue weighted by atomic mass is 10.1. The van der Waals surface area contributed by atoms with Gasteiger partial charge in [-0.2, -0.15) is 0 Å². The van der Waals surface area contributed by atoms with Crippen LogP contribution in [0.2, 0.25) is 15.1 Å². The average molecular weight is 335 g/mol. The van der Waals surface area contributed by atoms with Crippen molar-refractivity contribution in [1.82, 2.24) is 5.32 Å².